The highest BCUT2D eigenvalue weighted by atomic mass is 35.5. The first-order valence-electron chi connectivity index (χ1n) is 9.10. The summed E-state index contributed by atoms with van der Waals surface area (Å²) in [5, 5.41) is -0.0280. The van der Waals surface area contributed by atoms with E-state index in [1.165, 1.54) is 14.0 Å². The van der Waals surface area contributed by atoms with Crippen molar-refractivity contribution in [1.82, 2.24) is 4.90 Å². The number of thioether (sulfide) groups is 1. The van der Waals surface area contributed by atoms with Crippen molar-refractivity contribution < 1.29 is 19.1 Å². The van der Waals surface area contributed by atoms with Gasteiger partial charge in [-0.15, -0.1) is 0 Å². The van der Waals surface area contributed by atoms with Gasteiger partial charge in [0.15, 0.2) is 0 Å². The first-order valence-corrected chi connectivity index (χ1v) is 10.3. The Kier molecular flexibility index (Phi) is 5.58. The average Bonchev–Trinajstić information content (AvgIpc) is 2.92. The van der Waals surface area contributed by atoms with Gasteiger partial charge in [0.05, 0.1) is 17.6 Å². The van der Waals surface area contributed by atoms with Crippen LogP contribution in [0, 0.1) is 0 Å². The molecule has 1 saturated heterocycles. The normalized spacial score (nSPS) is 20.7. The molecule has 0 unspecified atom stereocenters. The number of likely N-dealkylation sites (N-methyl/N-ethyl adjacent to an activating group) is 1. The standard InChI is InChI=1S/C21H23ClN2O4S/c1-11-10-21(3,4)23(5)16-9-15(22)13(7-14(11)16)8-17-18(25)24(20(27)29-17)12(2)19(26)28-6/h7-10,12H,1-6H3/b17-8+/t12-/m0/s1. The van der Waals surface area contributed by atoms with Crippen LogP contribution >= 0.6 is 23.4 Å². The highest BCUT2D eigenvalue weighted by molar-refractivity contribution is 8.18. The van der Waals surface area contributed by atoms with Crippen LogP contribution in [0.4, 0.5) is 10.5 Å². The lowest BCUT2D eigenvalue weighted by molar-refractivity contribution is -0.148. The zero-order chi connectivity index (χ0) is 21.7. The number of benzene rings is 1. The summed E-state index contributed by atoms with van der Waals surface area (Å²) < 4.78 is 4.65. The number of hydrogen-bond donors (Lipinski definition) is 0. The van der Waals surface area contributed by atoms with Gasteiger partial charge >= 0.3 is 5.97 Å². The molecule has 0 aromatic heterocycles. The fourth-order valence-corrected chi connectivity index (χ4v) is 4.64. The highest BCUT2D eigenvalue weighted by Crippen LogP contribution is 2.42. The van der Waals surface area contributed by atoms with Crippen LogP contribution in [0.3, 0.4) is 0 Å². The molecule has 0 aliphatic carbocycles. The topological polar surface area (TPSA) is 66.9 Å². The molecular formula is C21H23ClN2O4S. The Balaban J connectivity index is 2.00. The second kappa shape index (κ2) is 7.54. The number of halogens is 1. The van der Waals surface area contributed by atoms with E-state index >= 15 is 0 Å². The zero-order valence-corrected chi connectivity index (χ0v) is 18.8. The van der Waals surface area contributed by atoms with Crippen molar-refractivity contribution in [2.24, 2.45) is 0 Å². The first kappa shape index (κ1) is 21.5. The minimum atomic E-state index is -0.988. The van der Waals surface area contributed by atoms with E-state index in [4.69, 9.17) is 11.6 Å². The van der Waals surface area contributed by atoms with Crippen molar-refractivity contribution in [2.75, 3.05) is 19.1 Å². The van der Waals surface area contributed by atoms with Crippen molar-refractivity contribution in [3.8, 4) is 0 Å². The maximum atomic E-state index is 12.7. The number of carbonyl (C=O) groups excluding carboxylic acids is 3. The van der Waals surface area contributed by atoms with Gasteiger partial charge in [-0.2, -0.15) is 0 Å². The molecule has 2 amide bonds. The third-order valence-corrected chi connectivity index (χ3v) is 6.59. The van der Waals surface area contributed by atoms with Crippen molar-refractivity contribution in [3.05, 3.63) is 39.3 Å². The molecule has 154 valence electrons. The van der Waals surface area contributed by atoms with Crippen LogP contribution in [-0.2, 0) is 14.3 Å². The largest absolute Gasteiger partial charge is 0.467 e. The Labute approximate surface area is 179 Å². The van der Waals surface area contributed by atoms with E-state index < -0.39 is 23.2 Å². The molecule has 1 aromatic rings. The molecule has 29 heavy (non-hydrogen) atoms. The molecule has 8 heteroatoms. The number of ether oxygens (including phenoxy) is 1. The van der Waals surface area contributed by atoms with E-state index in [1.807, 2.05) is 26.1 Å². The van der Waals surface area contributed by atoms with Crippen LogP contribution in [0.25, 0.3) is 11.6 Å². The molecule has 0 radical (unpaired) electrons. The average molecular weight is 435 g/mol. The summed E-state index contributed by atoms with van der Waals surface area (Å²) in [6, 6.07) is 2.81. The van der Waals surface area contributed by atoms with Gasteiger partial charge in [0.25, 0.3) is 11.1 Å². The molecule has 0 bridgehead atoms. The van der Waals surface area contributed by atoms with Crippen LogP contribution in [0.1, 0.15) is 38.8 Å². The minimum absolute atomic E-state index is 0.144. The zero-order valence-electron chi connectivity index (χ0n) is 17.2. The van der Waals surface area contributed by atoms with Gasteiger partial charge in [0.2, 0.25) is 0 Å². The quantitative estimate of drug-likeness (QED) is 0.512. The number of fused-ring (bicyclic) bond motifs is 1. The maximum absolute atomic E-state index is 12.7. The molecule has 1 aromatic carbocycles. The lowest BCUT2D eigenvalue weighted by atomic mass is 9.88. The number of carbonyl (C=O) groups is 3. The van der Waals surface area contributed by atoms with Gasteiger partial charge in [0.1, 0.15) is 6.04 Å². The Morgan fingerprint density at radius 1 is 1.31 bits per heavy atom. The Bertz CT molecular complexity index is 983. The van der Waals surface area contributed by atoms with Crippen molar-refractivity contribution in [1.29, 1.82) is 0 Å². The van der Waals surface area contributed by atoms with E-state index in [1.54, 1.807) is 6.08 Å². The van der Waals surface area contributed by atoms with Crippen LogP contribution in [0.15, 0.2) is 23.1 Å². The minimum Gasteiger partial charge on any atom is -0.467 e. The highest BCUT2D eigenvalue weighted by Gasteiger charge is 2.41. The number of allylic oxidation sites excluding steroid dienone is 1. The SMILES string of the molecule is COC(=O)[C@H](C)N1C(=O)S/C(=C/c2cc3c(cc2Cl)N(C)C(C)(C)C=C3C)C1=O. The summed E-state index contributed by atoms with van der Waals surface area (Å²) in [4.78, 5) is 40.1. The maximum Gasteiger partial charge on any atom is 0.328 e. The molecule has 2 aliphatic rings. The number of methoxy groups -OCH3 is 1. The summed E-state index contributed by atoms with van der Waals surface area (Å²) >= 11 is 7.30. The lowest BCUT2D eigenvalue weighted by Crippen LogP contribution is -2.42. The fraction of sp³-hybridized carbons (Fsp3) is 0.381. The molecular weight excluding hydrogens is 412 g/mol. The summed E-state index contributed by atoms with van der Waals surface area (Å²) in [6.07, 6.45) is 3.78. The summed E-state index contributed by atoms with van der Waals surface area (Å²) in [5.74, 6) is -1.18. The van der Waals surface area contributed by atoms with Gasteiger partial charge < -0.3 is 9.64 Å². The smallest absolute Gasteiger partial charge is 0.328 e. The molecule has 2 heterocycles. The van der Waals surface area contributed by atoms with Crippen LogP contribution < -0.4 is 4.90 Å². The lowest BCUT2D eigenvalue weighted by Gasteiger charge is -2.40. The van der Waals surface area contributed by atoms with Gasteiger partial charge in [-0.25, -0.2) is 4.79 Å². The molecule has 3 rings (SSSR count). The second-order valence-electron chi connectivity index (χ2n) is 7.68. The Morgan fingerprint density at radius 2 is 1.97 bits per heavy atom. The van der Waals surface area contributed by atoms with E-state index in [-0.39, 0.29) is 10.4 Å². The molecule has 0 N–H and O–H groups in total. The van der Waals surface area contributed by atoms with Gasteiger partial charge in [-0.1, -0.05) is 17.7 Å². The monoisotopic (exact) mass is 434 g/mol. The number of esters is 1. The first-order chi connectivity index (χ1) is 13.5. The Hall–Kier alpha value is -2.25. The Morgan fingerprint density at radius 3 is 2.59 bits per heavy atom. The van der Waals surface area contributed by atoms with Crippen molar-refractivity contribution >= 4 is 57.8 Å². The number of hydrogen-bond acceptors (Lipinski definition) is 6. The molecule has 6 nitrogen and oxygen atoms in total. The van der Waals surface area contributed by atoms with Crippen LogP contribution in [0.5, 0.6) is 0 Å². The third-order valence-electron chi connectivity index (χ3n) is 5.38. The van der Waals surface area contributed by atoms with Gasteiger partial charge in [-0.05, 0) is 68.8 Å². The van der Waals surface area contributed by atoms with Crippen LogP contribution in [-0.4, -0.2) is 47.8 Å². The molecule has 2 aliphatic heterocycles. The van der Waals surface area contributed by atoms with Crippen molar-refractivity contribution in [2.45, 2.75) is 39.3 Å². The van der Waals surface area contributed by atoms with E-state index in [9.17, 15) is 14.4 Å². The number of imide groups is 1. The number of rotatable bonds is 3. The molecule has 1 fully saturated rings. The number of anilines is 1. The summed E-state index contributed by atoms with van der Waals surface area (Å²) in [6.45, 7) is 7.75. The number of nitrogens with zero attached hydrogens (tertiary/aromatic N) is 2. The van der Waals surface area contributed by atoms with Crippen molar-refractivity contribution in [3.63, 3.8) is 0 Å². The molecule has 0 spiro atoms. The van der Waals surface area contributed by atoms with E-state index in [0.29, 0.717) is 10.6 Å². The second-order valence-corrected chi connectivity index (χ2v) is 9.08. The predicted octanol–water partition coefficient (Wildman–Crippen LogP) is 4.57. The summed E-state index contributed by atoms with van der Waals surface area (Å²) in [5.41, 5.74) is 3.63. The van der Waals surface area contributed by atoms with E-state index in [0.717, 1.165) is 33.5 Å². The summed E-state index contributed by atoms with van der Waals surface area (Å²) in [7, 11) is 3.23. The predicted molar refractivity (Wildman–Crippen MR) is 117 cm³/mol. The molecule has 0 saturated carbocycles. The van der Waals surface area contributed by atoms with E-state index in [2.05, 4.69) is 29.6 Å². The fourth-order valence-electron chi connectivity index (χ4n) is 3.53. The van der Waals surface area contributed by atoms with Gasteiger partial charge in [-0.3, -0.25) is 14.5 Å². The van der Waals surface area contributed by atoms with Crippen LogP contribution in [0.2, 0.25) is 5.02 Å². The number of amides is 2. The molecule has 1 atom stereocenters. The van der Waals surface area contributed by atoms with Gasteiger partial charge in [0, 0.05) is 23.3 Å². The third kappa shape index (κ3) is 3.69.